The summed E-state index contributed by atoms with van der Waals surface area (Å²) in [6, 6.07) is 8.01. The van der Waals surface area contributed by atoms with Crippen LogP contribution in [0, 0.1) is 6.92 Å². The highest BCUT2D eigenvalue weighted by atomic mass is 32.2. The smallest absolute Gasteiger partial charge is 0.235 e. The lowest BCUT2D eigenvalue weighted by molar-refractivity contribution is -0.113. The molecule has 9 nitrogen and oxygen atoms in total. The Balaban J connectivity index is 1.67. The zero-order valence-corrected chi connectivity index (χ0v) is 18.1. The van der Waals surface area contributed by atoms with Gasteiger partial charge < -0.3 is 15.0 Å². The molecule has 0 fully saturated rings. The van der Waals surface area contributed by atoms with Gasteiger partial charge in [-0.15, -0.1) is 11.8 Å². The Morgan fingerprint density at radius 2 is 2.13 bits per heavy atom. The molecule has 1 aliphatic heterocycles. The number of amides is 1. The molecule has 1 aromatic carbocycles. The van der Waals surface area contributed by atoms with Gasteiger partial charge in [0.1, 0.15) is 23.4 Å². The van der Waals surface area contributed by atoms with Crippen LogP contribution in [0.15, 0.2) is 36.9 Å². The SMILES string of the molecule is Cc1nn(-c2ncnc3nc[nH]c23)c2c1[C@@H](c1cccc(OC(C)C)c1)SCC(=O)N2. The maximum Gasteiger partial charge on any atom is 0.235 e. The van der Waals surface area contributed by atoms with Crippen molar-refractivity contribution in [2.75, 3.05) is 11.1 Å². The minimum Gasteiger partial charge on any atom is -0.491 e. The third kappa shape index (κ3) is 3.52. The van der Waals surface area contributed by atoms with Gasteiger partial charge in [0.25, 0.3) is 0 Å². The lowest BCUT2D eigenvalue weighted by atomic mass is 10.0. The van der Waals surface area contributed by atoms with E-state index in [1.54, 1.807) is 22.8 Å². The van der Waals surface area contributed by atoms with Crippen LogP contribution in [-0.4, -0.2) is 47.5 Å². The monoisotopic (exact) mass is 435 g/mol. The average Bonchev–Trinajstić information content (AvgIpc) is 3.28. The lowest BCUT2D eigenvalue weighted by Gasteiger charge is -2.17. The van der Waals surface area contributed by atoms with E-state index >= 15 is 0 Å². The normalized spacial score (nSPS) is 16.3. The summed E-state index contributed by atoms with van der Waals surface area (Å²) >= 11 is 1.57. The number of aryl methyl sites for hydroxylation is 1. The first-order valence-electron chi connectivity index (χ1n) is 9.93. The van der Waals surface area contributed by atoms with E-state index in [4.69, 9.17) is 9.84 Å². The van der Waals surface area contributed by atoms with Gasteiger partial charge in [-0.2, -0.15) is 9.78 Å². The minimum atomic E-state index is -0.0856. The standard InChI is InChI=1S/C21H21N7O2S/c1-11(2)30-14-6-4-5-13(7-14)18-16-12(3)27-28(20(16)26-15(29)8-31-18)21-17-19(23-9-22-17)24-10-25-21/h4-7,9-11,18H,8H2,1-3H3,(H,26,29)(H,22,23,24,25)/t18-/m1/s1. The van der Waals surface area contributed by atoms with E-state index in [-0.39, 0.29) is 17.3 Å². The van der Waals surface area contributed by atoms with Gasteiger partial charge in [-0.1, -0.05) is 12.1 Å². The summed E-state index contributed by atoms with van der Waals surface area (Å²) in [5.41, 5.74) is 4.01. The van der Waals surface area contributed by atoms with Gasteiger partial charge in [-0.3, -0.25) is 4.79 Å². The average molecular weight is 436 g/mol. The number of rotatable bonds is 4. The second-order valence-electron chi connectivity index (χ2n) is 7.54. The van der Waals surface area contributed by atoms with Crippen LogP contribution in [0.4, 0.5) is 5.82 Å². The number of hydrogen-bond acceptors (Lipinski definition) is 7. The Hall–Kier alpha value is -3.40. The number of ether oxygens (including phenoxy) is 1. The topological polar surface area (TPSA) is 111 Å². The highest BCUT2D eigenvalue weighted by Crippen LogP contribution is 2.44. The van der Waals surface area contributed by atoms with Gasteiger partial charge in [0.2, 0.25) is 5.91 Å². The van der Waals surface area contributed by atoms with Crippen LogP contribution in [0.1, 0.15) is 35.9 Å². The van der Waals surface area contributed by atoms with E-state index in [1.165, 1.54) is 6.33 Å². The molecule has 158 valence electrons. The van der Waals surface area contributed by atoms with Crippen molar-refractivity contribution >= 4 is 34.7 Å². The molecule has 10 heteroatoms. The van der Waals surface area contributed by atoms with E-state index in [1.807, 2.05) is 39.0 Å². The first-order valence-corrected chi connectivity index (χ1v) is 11.0. The van der Waals surface area contributed by atoms with Gasteiger partial charge in [0.05, 0.1) is 29.1 Å². The Kier molecular flexibility index (Phi) is 4.85. The van der Waals surface area contributed by atoms with Crippen LogP contribution < -0.4 is 10.1 Å². The number of aromatic nitrogens is 6. The second kappa shape index (κ2) is 7.69. The van der Waals surface area contributed by atoms with Crippen molar-refractivity contribution in [2.45, 2.75) is 32.1 Å². The molecule has 0 saturated carbocycles. The Labute approximate surface area is 182 Å². The van der Waals surface area contributed by atoms with Crippen LogP contribution in [0.3, 0.4) is 0 Å². The first kappa shape index (κ1) is 19.6. The highest BCUT2D eigenvalue weighted by molar-refractivity contribution is 8.00. The summed E-state index contributed by atoms with van der Waals surface area (Å²) in [5, 5.41) is 7.68. The summed E-state index contributed by atoms with van der Waals surface area (Å²) in [4.78, 5) is 28.4. The molecule has 1 aliphatic rings. The molecule has 0 unspecified atom stereocenters. The van der Waals surface area contributed by atoms with Crippen molar-refractivity contribution < 1.29 is 9.53 Å². The van der Waals surface area contributed by atoms with E-state index in [2.05, 4.69) is 31.3 Å². The molecular weight excluding hydrogens is 414 g/mol. The predicted octanol–water partition coefficient (Wildman–Crippen LogP) is 3.41. The maximum absolute atomic E-state index is 12.6. The third-order valence-corrected chi connectivity index (χ3v) is 6.21. The van der Waals surface area contributed by atoms with Gasteiger partial charge in [0.15, 0.2) is 11.5 Å². The van der Waals surface area contributed by atoms with Crippen molar-refractivity contribution in [3.05, 3.63) is 53.7 Å². The number of anilines is 1. The van der Waals surface area contributed by atoms with E-state index in [0.29, 0.717) is 28.6 Å². The fourth-order valence-electron chi connectivity index (χ4n) is 3.74. The molecule has 4 aromatic rings. The molecule has 1 atom stereocenters. The van der Waals surface area contributed by atoms with Gasteiger partial charge in [0, 0.05) is 5.56 Å². The van der Waals surface area contributed by atoms with Gasteiger partial charge in [-0.05, 0) is 38.5 Å². The van der Waals surface area contributed by atoms with Crippen molar-refractivity contribution in [3.8, 4) is 11.6 Å². The number of carbonyl (C=O) groups excluding carboxylic acids is 1. The minimum absolute atomic E-state index is 0.0786. The molecule has 0 aliphatic carbocycles. The first-order chi connectivity index (χ1) is 15.0. The summed E-state index contributed by atoms with van der Waals surface area (Å²) in [6.07, 6.45) is 3.09. The fourth-order valence-corrected chi connectivity index (χ4v) is 4.91. The number of nitrogens with one attached hydrogen (secondary N) is 2. The maximum atomic E-state index is 12.6. The quantitative estimate of drug-likeness (QED) is 0.505. The van der Waals surface area contributed by atoms with Crippen LogP contribution in [0.5, 0.6) is 5.75 Å². The number of fused-ring (bicyclic) bond motifs is 2. The van der Waals surface area contributed by atoms with E-state index < -0.39 is 0 Å². The number of imidazole rings is 1. The molecule has 31 heavy (non-hydrogen) atoms. The Bertz CT molecular complexity index is 1280. The molecule has 0 bridgehead atoms. The summed E-state index contributed by atoms with van der Waals surface area (Å²) in [6.45, 7) is 5.94. The van der Waals surface area contributed by atoms with Gasteiger partial charge in [-0.25, -0.2) is 15.0 Å². The number of H-pyrrole nitrogens is 1. The second-order valence-corrected chi connectivity index (χ2v) is 8.63. The van der Waals surface area contributed by atoms with Crippen molar-refractivity contribution in [1.29, 1.82) is 0 Å². The largest absolute Gasteiger partial charge is 0.491 e. The zero-order chi connectivity index (χ0) is 21.5. The summed E-state index contributed by atoms with van der Waals surface area (Å²) < 4.78 is 7.55. The van der Waals surface area contributed by atoms with Crippen LogP contribution in [0.2, 0.25) is 0 Å². The molecular formula is C21H21N7O2S. The molecule has 0 saturated heterocycles. The third-order valence-electron chi connectivity index (χ3n) is 4.94. The number of hydrogen-bond donors (Lipinski definition) is 2. The Morgan fingerprint density at radius 3 is 2.97 bits per heavy atom. The number of nitrogens with zero attached hydrogens (tertiary/aromatic N) is 5. The number of carbonyl (C=O) groups is 1. The van der Waals surface area contributed by atoms with Crippen LogP contribution in [0.25, 0.3) is 17.0 Å². The van der Waals surface area contributed by atoms with Crippen molar-refractivity contribution in [3.63, 3.8) is 0 Å². The van der Waals surface area contributed by atoms with Gasteiger partial charge >= 0.3 is 0 Å². The summed E-state index contributed by atoms with van der Waals surface area (Å²) in [5.74, 6) is 2.20. The molecule has 5 rings (SSSR count). The lowest BCUT2D eigenvalue weighted by Crippen LogP contribution is -2.16. The van der Waals surface area contributed by atoms with E-state index in [9.17, 15) is 4.79 Å². The number of aromatic amines is 1. The highest BCUT2D eigenvalue weighted by Gasteiger charge is 2.31. The molecule has 3 aromatic heterocycles. The summed E-state index contributed by atoms with van der Waals surface area (Å²) in [7, 11) is 0. The van der Waals surface area contributed by atoms with Crippen molar-refractivity contribution in [1.82, 2.24) is 29.7 Å². The number of thioether (sulfide) groups is 1. The molecule has 0 radical (unpaired) electrons. The van der Waals surface area contributed by atoms with Crippen LogP contribution in [-0.2, 0) is 4.79 Å². The van der Waals surface area contributed by atoms with Crippen LogP contribution >= 0.6 is 11.8 Å². The fraction of sp³-hybridized carbons (Fsp3) is 0.286. The molecule has 4 heterocycles. The zero-order valence-electron chi connectivity index (χ0n) is 17.3. The predicted molar refractivity (Wildman–Crippen MR) is 119 cm³/mol. The van der Waals surface area contributed by atoms with E-state index in [0.717, 1.165) is 22.6 Å². The van der Waals surface area contributed by atoms with Crippen molar-refractivity contribution in [2.24, 2.45) is 0 Å². The molecule has 0 spiro atoms. The number of benzene rings is 1. The Morgan fingerprint density at radius 1 is 1.26 bits per heavy atom. The molecule has 1 amide bonds. The molecule has 2 N–H and O–H groups in total.